The van der Waals surface area contributed by atoms with Crippen molar-refractivity contribution < 1.29 is 13.9 Å². The lowest BCUT2D eigenvalue weighted by Gasteiger charge is -2.16. The van der Waals surface area contributed by atoms with Crippen LogP contribution in [0.5, 0.6) is 5.75 Å². The molecule has 1 aromatic heterocycles. The van der Waals surface area contributed by atoms with Gasteiger partial charge in [-0.25, -0.2) is 14.4 Å². The van der Waals surface area contributed by atoms with Crippen molar-refractivity contribution in [2.45, 2.75) is 25.7 Å². The minimum Gasteiger partial charge on any atom is -0.490 e. The lowest BCUT2D eigenvalue weighted by atomic mass is 10.1. The molecule has 0 spiro atoms. The zero-order valence-corrected chi connectivity index (χ0v) is 13.6. The van der Waals surface area contributed by atoms with E-state index in [0.29, 0.717) is 13.1 Å². The Bertz CT molecular complexity index is 723. The number of carbonyl (C=O) groups excluding carboxylic acids is 1. The minimum atomic E-state index is -0.414. The van der Waals surface area contributed by atoms with E-state index in [2.05, 4.69) is 9.97 Å². The van der Waals surface area contributed by atoms with E-state index in [9.17, 15) is 9.18 Å². The van der Waals surface area contributed by atoms with Crippen LogP contribution in [0.15, 0.2) is 36.5 Å². The minimum absolute atomic E-state index is 0.0153. The summed E-state index contributed by atoms with van der Waals surface area (Å²) >= 11 is 0. The number of aromatic nitrogens is 2. The summed E-state index contributed by atoms with van der Waals surface area (Å²) in [5.74, 6) is 0.760. The first-order valence-electron chi connectivity index (χ1n) is 8.08. The zero-order chi connectivity index (χ0) is 16.9. The van der Waals surface area contributed by atoms with E-state index in [1.165, 1.54) is 6.07 Å². The van der Waals surface area contributed by atoms with Crippen molar-refractivity contribution in [2.75, 3.05) is 19.7 Å². The smallest absolute Gasteiger partial charge is 0.226 e. The molecule has 0 bridgehead atoms. The monoisotopic (exact) mass is 329 g/mol. The summed E-state index contributed by atoms with van der Waals surface area (Å²) in [7, 11) is 0. The highest BCUT2D eigenvalue weighted by molar-refractivity contribution is 5.76. The molecular weight excluding hydrogens is 309 g/mol. The van der Waals surface area contributed by atoms with Crippen LogP contribution in [0.4, 0.5) is 4.39 Å². The number of nitrogens with zero attached hydrogens (tertiary/aromatic N) is 3. The number of benzene rings is 1. The molecule has 1 atom stereocenters. The summed E-state index contributed by atoms with van der Waals surface area (Å²) < 4.78 is 18.8. The molecule has 3 rings (SSSR count). The van der Waals surface area contributed by atoms with E-state index in [4.69, 9.17) is 4.74 Å². The first kappa shape index (κ1) is 16.4. The van der Waals surface area contributed by atoms with Crippen LogP contribution in [0.1, 0.15) is 30.3 Å². The average Bonchev–Trinajstić information content (AvgIpc) is 3.07. The van der Waals surface area contributed by atoms with Gasteiger partial charge in [0.25, 0.3) is 0 Å². The van der Waals surface area contributed by atoms with Crippen LogP contribution in [-0.2, 0) is 4.79 Å². The molecule has 1 aliphatic heterocycles. The summed E-state index contributed by atoms with van der Waals surface area (Å²) in [6.07, 6.45) is 2.85. The molecule has 126 valence electrons. The SMILES string of the molecule is Cc1ccnc(C2CCN(C(=O)CCOc3ccccc3F)C2)n1. The molecule has 5 nitrogen and oxygen atoms in total. The molecule has 1 amide bonds. The molecule has 6 heteroatoms. The number of ether oxygens (including phenoxy) is 1. The summed E-state index contributed by atoms with van der Waals surface area (Å²) in [6.45, 7) is 3.42. The van der Waals surface area contributed by atoms with Crippen molar-refractivity contribution >= 4 is 5.91 Å². The average molecular weight is 329 g/mol. The Morgan fingerprint density at radius 3 is 3.00 bits per heavy atom. The normalized spacial score (nSPS) is 17.1. The van der Waals surface area contributed by atoms with Gasteiger partial charge in [0.15, 0.2) is 11.6 Å². The highest BCUT2D eigenvalue weighted by atomic mass is 19.1. The van der Waals surface area contributed by atoms with E-state index in [1.807, 2.05) is 13.0 Å². The fourth-order valence-electron chi connectivity index (χ4n) is 2.83. The fourth-order valence-corrected chi connectivity index (χ4v) is 2.83. The number of aryl methyl sites for hydroxylation is 1. The summed E-state index contributed by atoms with van der Waals surface area (Å²) in [4.78, 5) is 22.8. The molecule has 1 unspecified atom stereocenters. The van der Waals surface area contributed by atoms with Gasteiger partial charge in [-0.15, -0.1) is 0 Å². The number of hydrogen-bond acceptors (Lipinski definition) is 4. The van der Waals surface area contributed by atoms with E-state index in [-0.39, 0.29) is 30.6 Å². The highest BCUT2D eigenvalue weighted by Gasteiger charge is 2.28. The number of hydrogen-bond donors (Lipinski definition) is 0. The summed E-state index contributed by atoms with van der Waals surface area (Å²) in [6, 6.07) is 8.06. The van der Waals surface area contributed by atoms with Crippen LogP contribution in [0, 0.1) is 12.7 Å². The second-order valence-corrected chi connectivity index (χ2v) is 5.91. The first-order valence-corrected chi connectivity index (χ1v) is 8.08. The number of amides is 1. The van der Waals surface area contributed by atoms with Gasteiger partial charge in [-0.3, -0.25) is 4.79 Å². The van der Waals surface area contributed by atoms with Crippen molar-refractivity contribution in [2.24, 2.45) is 0 Å². The third-order valence-electron chi connectivity index (χ3n) is 4.13. The van der Waals surface area contributed by atoms with Gasteiger partial charge in [0.05, 0.1) is 13.0 Å². The zero-order valence-electron chi connectivity index (χ0n) is 13.6. The maximum Gasteiger partial charge on any atom is 0.226 e. The van der Waals surface area contributed by atoms with Crippen LogP contribution in [0.2, 0.25) is 0 Å². The number of halogens is 1. The molecular formula is C18H20FN3O2. The number of likely N-dealkylation sites (tertiary alicyclic amines) is 1. The Morgan fingerprint density at radius 1 is 1.38 bits per heavy atom. The number of carbonyl (C=O) groups is 1. The Balaban J connectivity index is 1.49. The first-order chi connectivity index (χ1) is 11.6. The van der Waals surface area contributed by atoms with Crippen molar-refractivity contribution in [1.29, 1.82) is 0 Å². The molecule has 0 radical (unpaired) electrons. The second kappa shape index (κ2) is 7.38. The van der Waals surface area contributed by atoms with Crippen LogP contribution in [0.3, 0.4) is 0 Å². The van der Waals surface area contributed by atoms with Gasteiger partial charge >= 0.3 is 0 Å². The van der Waals surface area contributed by atoms with Crippen molar-refractivity contribution in [3.05, 3.63) is 53.9 Å². The van der Waals surface area contributed by atoms with Crippen molar-refractivity contribution in [1.82, 2.24) is 14.9 Å². The van der Waals surface area contributed by atoms with Gasteiger partial charge in [0.1, 0.15) is 5.82 Å². The highest BCUT2D eigenvalue weighted by Crippen LogP contribution is 2.25. The second-order valence-electron chi connectivity index (χ2n) is 5.91. The molecule has 1 fully saturated rings. The summed E-state index contributed by atoms with van der Waals surface area (Å²) in [5, 5.41) is 0. The molecule has 2 aromatic rings. The van der Waals surface area contributed by atoms with Gasteiger partial charge < -0.3 is 9.64 Å². The molecule has 0 aliphatic carbocycles. The molecule has 1 aromatic carbocycles. The van der Waals surface area contributed by atoms with Gasteiger partial charge in [0, 0.05) is 30.9 Å². The fraction of sp³-hybridized carbons (Fsp3) is 0.389. The Hall–Kier alpha value is -2.50. The van der Waals surface area contributed by atoms with Gasteiger partial charge in [0.2, 0.25) is 5.91 Å². The molecule has 1 saturated heterocycles. The predicted molar refractivity (Wildman–Crippen MR) is 87.2 cm³/mol. The third kappa shape index (κ3) is 3.88. The topological polar surface area (TPSA) is 55.3 Å². The van der Waals surface area contributed by atoms with Gasteiger partial charge in [-0.2, -0.15) is 0 Å². The lowest BCUT2D eigenvalue weighted by molar-refractivity contribution is -0.130. The van der Waals surface area contributed by atoms with E-state index in [0.717, 1.165) is 17.9 Å². The van der Waals surface area contributed by atoms with Crippen molar-refractivity contribution in [3.8, 4) is 5.75 Å². The van der Waals surface area contributed by atoms with Gasteiger partial charge in [-0.05, 0) is 31.5 Å². The van der Waals surface area contributed by atoms with E-state index < -0.39 is 5.82 Å². The quantitative estimate of drug-likeness (QED) is 0.846. The largest absolute Gasteiger partial charge is 0.490 e. The Morgan fingerprint density at radius 2 is 2.21 bits per heavy atom. The van der Waals surface area contributed by atoms with Crippen LogP contribution in [-0.4, -0.2) is 40.5 Å². The standard InChI is InChI=1S/C18H20FN3O2/c1-13-6-9-20-18(21-13)14-7-10-22(12-14)17(23)8-11-24-16-5-3-2-4-15(16)19/h2-6,9,14H,7-8,10-12H2,1H3. The third-order valence-corrected chi connectivity index (χ3v) is 4.13. The van der Waals surface area contributed by atoms with E-state index in [1.54, 1.807) is 29.3 Å². The number of para-hydroxylation sites is 1. The maximum atomic E-state index is 13.5. The van der Waals surface area contributed by atoms with Crippen LogP contribution >= 0.6 is 0 Å². The Labute approximate surface area is 140 Å². The van der Waals surface area contributed by atoms with Crippen molar-refractivity contribution in [3.63, 3.8) is 0 Å². The molecule has 0 N–H and O–H groups in total. The summed E-state index contributed by atoms with van der Waals surface area (Å²) in [5.41, 5.74) is 0.933. The molecule has 0 saturated carbocycles. The lowest BCUT2D eigenvalue weighted by Crippen LogP contribution is -2.29. The molecule has 2 heterocycles. The molecule has 24 heavy (non-hydrogen) atoms. The van der Waals surface area contributed by atoms with E-state index >= 15 is 0 Å². The van der Waals surface area contributed by atoms with Crippen LogP contribution in [0.25, 0.3) is 0 Å². The molecule has 1 aliphatic rings. The Kier molecular flexibility index (Phi) is 5.03. The maximum absolute atomic E-state index is 13.5. The predicted octanol–water partition coefficient (Wildman–Crippen LogP) is 2.71. The number of rotatable bonds is 5. The van der Waals surface area contributed by atoms with Crippen LogP contribution < -0.4 is 4.74 Å². The van der Waals surface area contributed by atoms with Gasteiger partial charge in [-0.1, -0.05) is 12.1 Å².